The number of aromatic hydroxyl groups is 2. The fourth-order valence-electron chi connectivity index (χ4n) is 3.95. The first-order chi connectivity index (χ1) is 13.0. The van der Waals surface area contributed by atoms with Crippen LogP contribution in [0.3, 0.4) is 0 Å². The van der Waals surface area contributed by atoms with E-state index in [1.54, 1.807) is 18.2 Å². The normalized spacial score (nSPS) is 17.7. The summed E-state index contributed by atoms with van der Waals surface area (Å²) in [6.45, 7) is 7.65. The summed E-state index contributed by atoms with van der Waals surface area (Å²) in [7, 11) is 0. The number of piperazine rings is 1. The molecule has 0 unspecified atom stereocenters. The molecule has 1 aliphatic heterocycles. The monoisotopic (exact) mass is 366 g/mol. The highest BCUT2D eigenvalue weighted by Gasteiger charge is 2.34. The van der Waals surface area contributed by atoms with E-state index in [-0.39, 0.29) is 39.5 Å². The van der Waals surface area contributed by atoms with Crippen LogP contribution in [0.4, 0.5) is 0 Å². The summed E-state index contributed by atoms with van der Waals surface area (Å²) in [6.07, 6.45) is 0. The number of fused-ring (bicyclic) bond motifs is 2. The number of rotatable bonds is 3. The Morgan fingerprint density at radius 2 is 1.52 bits per heavy atom. The van der Waals surface area contributed by atoms with Gasteiger partial charge in [-0.1, -0.05) is 19.1 Å². The van der Waals surface area contributed by atoms with Gasteiger partial charge < -0.3 is 15.1 Å². The highest BCUT2D eigenvalue weighted by Crippen LogP contribution is 2.37. The van der Waals surface area contributed by atoms with Crippen molar-refractivity contribution in [3.63, 3.8) is 0 Å². The summed E-state index contributed by atoms with van der Waals surface area (Å²) >= 11 is 0. The lowest BCUT2D eigenvalue weighted by atomic mass is 9.82. The van der Waals surface area contributed by atoms with Crippen molar-refractivity contribution in [1.29, 1.82) is 0 Å². The minimum Gasteiger partial charge on any atom is -0.507 e. The first-order valence-electron chi connectivity index (χ1n) is 9.21. The van der Waals surface area contributed by atoms with Gasteiger partial charge in [0.2, 0.25) is 5.78 Å². The Kier molecular flexibility index (Phi) is 4.45. The molecule has 27 heavy (non-hydrogen) atoms. The molecule has 1 heterocycles. The van der Waals surface area contributed by atoms with Crippen molar-refractivity contribution in [2.75, 3.05) is 32.7 Å². The molecule has 0 radical (unpaired) electrons. The predicted octanol–water partition coefficient (Wildman–Crippen LogP) is 2.01. The minimum atomic E-state index is -0.515. The van der Waals surface area contributed by atoms with Crippen molar-refractivity contribution in [3.05, 3.63) is 58.1 Å². The van der Waals surface area contributed by atoms with Crippen LogP contribution in [0.1, 0.15) is 44.3 Å². The second-order valence-corrected chi connectivity index (χ2v) is 7.11. The zero-order valence-corrected chi connectivity index (χ0v) is 15.2. The van der Waals surface area contributed by atoms with E-state index in [0.29, 0.717) is 6.54 Å². The number of likely N-dealkylation sites (N-methyl/N-ethyl adjacent to an activating group) is 1. The first-order valence-corrected chi connectivity index (χ1v) is 9.21. The number of benzene rings is 2. The van der Waals surface area contributed by atoms with Crippen LogP contribution in [0.2, 0.25) is 0 Å². The molecule has 0 bridgehead atoms. The molecule has 6 nitrogen and oxygen atoms in total. The number of hydrogen-bond donors (Lipinski definition) is 2. The maximum atomic E-state index is 12.9. The second kappa shape index (κ2) is 6.79. The SMILES string of the molecule is CCN1CCN(Cc2cc(O)c3c(c2)C(=O)c2cccc(O)c2C3=O)CC1. The third kappa shape index (κ3) is 3.01. The van der Waals surface area contributed by atoms with E-state index in [2.05, 4.69) is 16.7 Å². The zero-order valence-electron chi connectivity index (χ0n) is 15.2. The average molecular weight is 366 g/mol. The Balaban J connectivity index is 1.66. The van der Waals surface area contributed by atoms with Crippen molar-refractivity contribution in [1.82, 2.24) is 9.80 Å². The van der Waals surface area contributed by atoms with Crippen molar-refractivity contribution < 1.29 is 19.8 Å². The van der Waals surface area contributed by atoms with Gasteiger partial charge >= 0.3 is 0 Å². The van der Waals surface area contributed by atoms with Crippen LogP contribution in [-0.4, -0.2) is 64.3 Å². The van der Waals surface area contributed by atoms with Gasteiger partial charge in [0, 0.05) is 43.9 Å². The smallest absolute Gasteiger partial charge is 0.201 e. The summed E-state index contributed by atoms with van der Waals surface area (Å²) in [5.74, 6) is -1.31. The Bertz CT molecular complexity index is 930. The summed E-state index contributed by atoms with van der Waals surface area (Å²) in [4.78, 5) is 30.3. The standard InChI is InChI=1S/C21H22N2O4/c1-2-22-6-8-23(9-7-22)12-13-10-15-19(17(25)11-13)21(27)18-14(20(15)26)4-3-5-16(18)24/h3-5,10-11,24-25H,2,6-9,12H2,1H3. The Morgan fingerprint density at radius 1 is 0.852 bits per heavy atom. The largest absolute Gasteiger partial charge is 0.507 e. The lowest BCUT2D eigenvalue weighted by Gasteiger charge is -2.34. The van der Waals surface area contributed by atoms with Gasteiger partial charge in [-0.3, -0.25) is 14.5 Å². The molecular weight excluding hydrogens is 344 g/mol. The van der Waals surface area contributed by atoms with Crippen LogP contribution >= 0.6 is 0 Å². The molecule has 0 amide bonds. The van der Waals surface area contributed by atoms with Gasteiger partial charge in [0.1, 0.15) is 11.5 Å². The molecule has 1 fully saturated rings. The van der Waals surface area contributed by atoms with Crippen molar-refractivity contribution >= 4 is 11.6 Å². The van der Waals surface area contributed by atoms with E-state index in [0.717, 1.165) is 38.3 Å². The number of carbonyl (C=O) groups excluding carboxylic acids is 2. The second-order valence-electron chi connectivity index (χ2n) is 7.11. The minimum absolute atomic E-state index is 0.0199. The Labute approximate surface area is 157 Å². The van der Waals surface area contributed by atoms with E-state index in [9.17, 15) is 19.8 Å². The van der Waals surface area contributed by atoms with E-state index in [4.69, 9.17) is 0 Å². The van der Waals surface area contributed by atoms with Gasteiger partial charge in [-0.15, -0.1) is 0 Å². The third-order valence-electron chi connectivity index (χ3n) is 5.48. The average Bonchev–Trinajstić information content (AvgIpc) is 2.66. The van der Waals surface area contributed by atoms with E-state index < -0.39 is 5.78 Å². The molecule has 2 N–H and O–H groups in total. The summed E-state index contributed by atoms with van der Waals surface area (Å²) in [5, 5.41) is 20.5. The van der Waals surface area contributed by atoms with E-state index >= 15 is 0 Å². The molecular formula is C21H22N2O4. The number of phenols is 2. The van der Waals surface area contributed by atoms with Gasteiger partial charge in [0.15, 0.2) is 5.78 Å². The molecule has 0 saturated carbocycles. The lowest BCUT2D eigenvalue weighted by molar-refractivity contribution is 0.0973. The van der Waals surface area contributed by atoms with E-state index in [1.165, 1.54) is 12.1 Å². The van der Waals surface area contributed by atoms with Gasteiger partial charge in [-0.2, -0.15) is 0 Å². The number of carbonyl (C=O) groups is 2. The molecule has 0 spiro atoms. The van der Waals surface area contributed by atoms with Crippen LogP contribution in [0.15, 0.2) is 30.3 Å². The van der Waals surface area contributed by atoms with Crippen LogP contribution in [-0.2, 0) is 6.54 Å². The van der Waals surface area contributed by atoms with Crippen LogP contribution < -0.4 is 0 Å². The van der Waals surface area contributed by atoms with Crippen molar-refractivity contribution in [2.24, 2.45) is 0 Å². The maximum Gasteiger partial charge on any atom is 0.201 e. The third-order valence-corrected chi connectivity index (χ3v) is 5.48. The first kappa shape index (κ1) is 17.7. The molecule has 140 valence electrons. The van der Waals surface area contributed by atoms with Crippen molar-refractivity contribution in [2.45, 2.75) is 13.5 Å². The predicted molar refractivity (Wildman–Crippen MR) is 100 cm³/mol. The number of ketones is 2. The van der Waals surface area contributed by atoms with Gasteiger partial charge in [-0.25, -0.2) is 0 Å². The molecule has 6 heteroatoms. The fraction of sp³-hybridized carbons (Fsp3) is 0.333. The molecule has 0 atom stereocenters. The maximum absolute atomic E-state index is 12.9. The Morgan fingerprint density at radius 3 is 2.22 bits per heavy atom. The molecule has 2 aromatic rings. The number of nitrogens with zero attached hydrogens (tertiary/aromatic N) is 2. The lowest BCUT2D eigenvalue weighted by Crippen LogP contribution is -2.45. The molecule has 0 aromatic heterocycles. The van der Waals surface area contributed by atoms with Crippen molar-refractivity contribution in [3.8, 4) is 11.5 Å². The molecule has 1 aliphatic carbocycles. The zero-order chi connectivity index (χ0) is 19.1. The molecule has 2 aromatic carbocycles. The molecule has 2 aliphatic rings. The molecule has 1 saturated heterocycles. The van der Waals surface area contributed by atoms with E-state index in [1.807, 2.05) is 0 Å². The molecule has 4 rings (SSSR count). The topological polar surface area (TPSA) is 81.1 Å². The summed E-state index contributed by atoms with van der Waals surface area (Å²) in [6, 6.07) is 7.71. The quantitative estimate of drug-likeness (QED) is 0.738. The van der Waals surface area contributed by atoms with Crippen LogP contribution in [0.5, 0.6) is 11.5 Å². The van der Waals surface area contributed by atoms with Gasteiger partial charge in [0.25, 0.3) is 0 Å². The summed E-state index contributed by atoms with van der Waals surface area (Å²) in [5.41, 5.74) is 1.14. The van der Waals surface area contributed by atoms with Gasteiger partial charge in [-0.05, 0) is 30.3 Å². The fourth-order valence-corrected chi connectivity index (χ4v) is 3.95. The number of phenolic OH excluding ortho intramolecular Hbond substituents is 2. The van der Waals surface area contributed by atoms with Gasteiger partial charge in [0.05, 0.1) is 11.1 Å². The van der Waals surface area contributed by atoms with Crippen LogP contribution in [0.25, 0.3) is 0 Å². The highest BCUT2D eigenvalue weighted by molar-refractivity contribution is 6.30. The van der Waals surface area contributed by atoms with Crippen LogP contribution in [0, 0.1) is 0 Å². The number of hydrogen-bond acceptors (Lipinski definition) is 6. The Hall–Kier alpha value is -2.70. The highest BCUT2D eigenvalue weighted by atomic mass is 16.3. The summed E-state index contributed by atoms with van der Waals surface area (Å²) < 4.78 is 0.